The van der Waals surface area contributed by atoms with Crippen LogP contribution in [0.3, 0.4) is 0 Å². The Morgan fingerprint density at radius 1 is 1.14 bits per heavy atom. The number of ether oxygens (including phenoxy) is 1. The highest BCUT2D eigenvalue weighted by Crippen LogP contribution is 2.35. The molecule has 0 aliphatic rings. The highest BCUT2D eigenvalue weighted by molar-refractivity contribution is 6.34. The lowest BCUT2D eigenvalue weighted by Gasteiger charge is -2.14. The van der Waals surface area contributed by atoms with Crippen LogP contribution in [-0.2, 0) is 16.0 Å². The van der Waals surface area contributed by atoms with E-state index in [9.17, 15) is 9.59 Å². The average Bonchev–Trinajstić information content (AvgIpc) is 2.69. The van der Waals surface area contributed by atoms with Gasteiger partial charge in [-0.15, -0.1) is 0 Å². The molecule has 29 heavy (non-hydrogen) atoms. The number of carbonyl (C=O) groups excluding carboxylic acids is 1. The monoisotopic (exact) mass is 427 g/mol. The number of rotatable bonds is 6. The summed E-state index contributed by atoms with van der Waals surface area (Å²) < 4.78 is 5.23. The fraction of sp³-hybridized carbons (Fsp3) is 0.130. The Hall–Kier alpha value is -2.82. The summed E-state index contributed by atoms with van der Waals surface area (Å²) in [5.41, 5.74) is 2.30. The summed E-state index contributed by atoms with van der Waals surface area (Å²) in [6, 6.07) is 12.6. The van der Waals surface area contributed by atoms with E-state index >= 15 is 0 Å². The van der Waals surface area contributed by atoms with Crippen molar-refractivity contribution in [2.24, 2.45) is 0 Å². The van der Waals surface area contributed by atoms with E-state index in [0.29, 0.717) is 26.7 Å². The number of aromatic amines is 1. The van der Waals surface area contributed by atoms with Crippen LogP contribution >= 0.6 is 23.2 Å². The molecule has 0 aliphatic heterocycles. The van der Waals surface area contributed by atoms with E-state index in [1.165, 1.54) is 6.08 Å². The summed E-state index contributed by atoms with van der Waals surface area (Å²) >= 11 is 12.6. The number of nitrogens with one attached hydrogen (secondary N) is 1. The van der Waals surface area contributed by atoms with Gasteiger partial charge < -0.3 is 9.72 Å². The molecule has 0 unspecified atom stereocenters. The van der Waals surface area contributed by atoms with Gasteiger partial charge >= 0.3 is 5.97 Å². The van der Waals surface area contributed by atoms with E-state index in [2.05, 4.69) is 4.98 Å². The van der Waals surface area contributed by atoms with Gasteiger partial charge in [0.2, 0.25) is 0 Å². The fourth-order valence-electron chi connectivity index (χ4n) is 3.06. The van der Waals surface area contributed by atoms with E-state index in [1.54, 1.807) is 42.5 Å². The summed E-state index contributed by atoms with van der Waals surface area (Å²) in [5.74, 6) is -0.470. The van der Waals surface area contributed by atoms with Crippen molar-refractivity contribution < 1.29 is 9.53 Å². The molecule has 0 spiro atoms. The van der Waals surface area contributed by atoms with E-state index < -0.39 is 5.97 Å². The Labute approximate surface area is 178 Å². The molecule has 0 fully saturated rings. The number of fused-ring (bicyclic) bond motifs is 1. The highest BCUT2D eigenvalue weighted by atomic mass is 35.5. The summed E-state index contributed by atoms with van der Waals surface area (Å²) in [4.78, 5) is 27.5. The first kappa shape index (κ1) is 20.9. The Morgan fingerprint density at radius 3 is 2.69 bits per heavy atom. The van der Waals surface area contributed by atoms with Crippen molar-refractivity contribution >= 4 is 40.1 Å². The molecule has 0 saturated carbocycles. The molecular weight excluding hydrogens is 409 g/mol. The molecule has 0 amide bonds. The summed E-state index contributed by atoms with van der Waals surface area (Å²) in [6.07, 6.45) is 6.71. The van der Waals surface area contributed by atoms with Crippen molar-refractivity contribution in [3.05, 3.63) is 92.7 Å². The summed E-state index contributed by atoms with van der Waals surface area (Å²) in [5, 5.41) is 1.84. The number of pyridine rings is 1. The van der Waals surface area contributed by atoms with Crippen molar-refractivity contribution in [3.8, 4) is 11.1 Å². The lowest BCUT2D eigenvalue weighted by Crippen LogP contribution is -2.17. The summed E-state index contributed by atoms with van der Waals surface area (Å²) in [7, 11) is 0. The van der Waals surface area contributed by atoms with Crippen molar-refractivity contribution in [3.63, 3.8) is 0 Å². The minimum Gasteiger partial charge on any atom is -0.462 e. The lowest BCUT2D eigenvalue weighted by atomic mass is 9.94. The third-order valence-corrected chi connectivity index (χ3v) is 4.92. The molecule has 6 heteroatoms. The van der Waals surface area contributed by atoms with Crippen molar-refractivity contribution in [2.45, 2.75) is 13.3 Å². The third-order valence-electron chi connectivity index (χ3n) is 4.35. The zero-order valence-electron chi connectivity index (χ0n) is 15.7. The number of aromatic nitrogens is 1. The Kier molecular flexibility index (Phi) is 6.91. The number of hydrogen-bond donors (Lipinski definition) is 1. The molecule has 0 saturated heterocycles. The molecule has 1 N–H and O–H groups in total. The molecule has 4 nitrogen and oxygen atoms in total. The van der Waals surface area contributed by atoms with Crippen LogP contribution in [0.25, 0.3) is 22.0 Å². The first-order chi connectivity index (χ1) is 14.0. The van der Waals surface area contributed by atoms with Crippen molar-refractivity contribution in [2.75, 3.05) is 6.61 Å². The molecule has 2 aromatic carbocycles. The average molecular weight is 428 g/mol. The van der Waals surface area contributed by atoms with Crippen LogP contribution in [-0.4, -0.2) is 17.6 Å². The predicted octanol–water partition coefficient (Wildman–Crippen LogP) is 5.72. The second-order valence-electron chi connectivity index (χ2n) is 6.28. The van der Waals surface area contributed by atoms with Crippen molar-refractivity contribution in [1.29, 1.82) is 0 Å². The van der Waals surface area contributed by atoms with Crippen LogP contribution in [0.4, 0.5) is 0 Å². The number of benzene rings is 2. The van der Waals surface area contributed by atoms with Gasteiger partial charge in [0.25, 0.3) is 5.56 Å². The topological polar surface area (TPSA) is 59.2 Å². The maximum Gasteiger partial charge on any atom is 0.330 e. The zero-order valence-corrected chi connectivity index (χ0v) is 17.3. The fourth-order valence-corrected chi connectivity index (χ4v) is 3.47. The quantitative estimate of drug-likeness (QED) is 0.310. The number of carbonyl (C=O) groups is 1. The van der Waals surface area contributed by atoms with Crippen molar-refractivity contribution in [1.82, 2.24) is 4.98 Å². The summed E-state index contributed by atoms with van der Waals surface area (Å²) in [6.45, 7) is 1.91. The van der Waals surface area contributed by atoms with E-state index in [4.69, 9.17) is 27.9 Å². The maximum absolute atomic E-state index is 12.8. The lowest BCUT2D eigenvalue weighted by molar-refractivity contribution is -0.137. The normalized spacial score (nSPS) is 11.6. The van der Waals surface area contributed by atoms with E-state index in [0.717, 1.165) is 10.9 Å². The smallest absolute Gasteiger partial charge is 0.330 e. The van der Waals surface area contributed by atoms with Gasteiger partial charge in [-0.2, -0.15) is 0 Å². The maximum atomic E-state index is 12.8. The minimum absolute atomic E-state index is 0.0611. The third kappa shape index (κ3) is 4.97. The van der Waals surface area contributed by atoms with Crippen LogP contribution in [0.1, 0.15) is 12.5 Å². The molecule has 0 radical (unpaired) electrons. The molecular formula is C23H19Cl2NO3. The van der Waals surface area contributed by atoms with Gasteiger partial charge in [-0.25, -0.2) is 4.79 Å². The van der Waals surface area contributed by atoms with Crippen LogP contribution < -0.4 is 5.56 Å². The molecule has 148 valence electrons. The van der Waals surface area contributed by atoms with Crippen LogP contribution in [0.5, 0.6) is 0 Å². The number of allylic oxidation sites excluding steroid dienone is 3. The first-order valence-corrected chi connectivity index (χ1v) is 9.82. The minimum atomic E-state index is -0.470. The molecule has 3 aromatic rings. The van der Waals surface area contributed by atoms with Gasteiger partial charge in [-0.3, -0.25) is 4.79 Å². The molecule has 0 bridgehead atoms. The number of halogens is 2. The Bertz CT molecular complexity index is 1160. The van der Waals surface area contributed by atoms with Gasteiger partial charge in [-0.1, -0.05) is 59.6 Å². The molecule has 1 aromatic heterocycles. The van der Waals surface area contributed by atoms with Crippen LogP contribution in [0.15, 0.2) is 71.6 Å². The highest BCUT2D eigenvalue weighted by Gasteiger charge is 2.17. The zero-order chi connectivity index (χ0) is 20.8. The van der Waals surface area contributed by atoms with Gasteiger partial charge in [0, 0.05) is 50.1 Å². The molecule has 0 atom stereocenters. The van der Waals surface area contributed by atoms with Gasteiger partial charge in [0.05, 0.1) is 6.61 Å². The van der Waals surface area contributed by atoms with Crippen LogP contribution in [0.2, 0.25) is 10.0 Å². The SMILES string of the molecule is C/C=C/C=C/C(=O)OCCc1c(-c2ccccc2Cl)c2cc(Cl)ccc2[nH]c1=O. The second-order valence-corrected chi connectivity index (χ2v) is 7.12. The number of H-pyrrole nitrogens is 1. The molecule has 3 rings (SSSR count). The predicted molar refractivity (Wildman–Crippen MR) is 119 cm³/mol. The number of esters is 1. The van der Waals surface area contributed by atoms with Gasteiger partial charge in [-0.05, 0) is 31.2 Å². The number of hydrogen-bond acceptors (Lipinski definition) is 3. The largest absolute Gasteiger partial charge is 0.462 e. The first-order valence-electron chi connectivity index (χ1n) is 9.06. The van der Waals surface area contributed by atoms with E-state index in [1.807, 2.05) is 25.1 Å². The Morgan fingerprint density at radius 2 is 1.93 bits per heavy atom. The van der Waals surface area contributed by atoms with E-state index in [-0.39, 0.29) is 18.6 Å². The second kappa shape index (κ2) is 9.59. The Balaban J connectivity index is 2.03. The van der Waals surface area contributed by atoms with Gasteiger partial charge in [0.1, 0.15) is 0 Å². The standard InChI is InChI=1S/C23H19Cl2NO3/c1-2-3-4-9-21(27)29-13-12-17-22(16-7-5-6-8-19(16)25)18-14-15(24)10-11-20(18)26-23(17)28/h2-11,14H,12-13H2,1H3,(H,26,28)/b3-2+,9-4+. The van der Waals surface area contributed by atoms with Gasteiger partial charge in [0.15, 0.2) is 0 Å². The van der Waals surface area contributed by atoms with Crippen LogP contribution in [0, 0.1) is 0 Å². The molecule has 1 heterocycles. The molecule has 0 aliphatic carbocycles.